The molecule has 1 N–H and O–H groups in total. The van der Waals surface area contributed by atoms with Gasteiger partial charge in [-0.3, -0.25) is 0 Å². The van der Waals surface area contributed by atoms with Gasteiger partial charge in [0.1, 0.15) is 12.1 Å². The Morgan fingerprint density at radius 2 is 2.24 bits per heavy atom. The maximum atomic E-state index is 13.5. The quantitative estimate of drug-likeness (QED) is 0.786. The predicted molar refractivity (Wildman–Crippen MR) is 79.9 cm³/mol. The highest BCUT2D eigenvalue weighted by Gasteiger charge is 2.30. The van der Waals surface area contributed by atoms with Crippen LogP contribution in [0, 0.1) is 5.82 Å². The van der Waals surface area contributed by atoms with Crippen molar-refractivity contribution in [3.05, 3.63) is 64.4 Å². The third-order valence-electron chi connectivity index (χ3n) is 3.75. The zero-order valence-corrected chi connectivity index (χ0v) is 11.9. The second kappa shape index (κ2) is 4.96. The summed E-state index contributed by atoms with van der Waals surface area (Å²) in [6.07, 6.45) is 2.35. The number of hydrogen-bond acceptors (Lipinski definition) is 4. The van der Waals surface area contributed by atoms with E-state index < -0.39 is 0 Å². The number of nitrogens with zero attached hydrogens (tertiary/aromatic N) is 3. The lowest BCUT2D eigenvalue weighted by Crippen LogP contribution is -2.27. The first kappa shape index (κ1) is 12.5. The van der Waals surface area contributed by atoms with Crippen LogP contribution in [0.2, 0.25) is 0 Å². The molecular formula is C15H13FN4S. The first-order chi connectivity index (χ1) is 10.3. The summed E-state index contributed by atoms with van der Waals surface area (Å²) in [4.78, 5) is 5.52. The van der Waals surface area contributed by atoms with E-state index in [9.17, 15) is 4.39 Å². The molecular weight excluding hydrogens is 287 g/mol. The lowest BCUT2D eigenvalue weighted by Gasteiger charge is -2.31. The highest BCUT2D eigenvalue weighted by Crippen LogP contribution is 2.38. The number of aromatic nitrogens is 3. The van der Waals surface area contributed by atoms with Crippen molar-refractivity contribution in [2.24, 2.45) is 0 Å². The Labute approximate surface area is 125 Å². The third-order valence-corrected chi connectivity index (χ3v) is 4.74. The molecule has 0 saturated heterocycles. The molecule has 0 aliphatic carbocycles. The van der Waals surface area contributed by atoms with Gasteiger partial charge in [-0.1, -0.05) is 18.2 Å². The molecule has 4 rings (SSSR count). The van der Waals surface area contributed by atoms with Gasteiger partial charge in [-0.2, -0.15) is 10.1 Å². The molecule has 0 radical (unpaired) electrons. The van der Waals surface area contributed by atoms with Gasteiger partial charge in [-0.05, 0) is 35.6 Å². The van der Waals surface area contributed by atoms with E-state index in [1.165, 1.54) is 17.3 Å². The van der Waals surface area contributed by atoms with E-state index in [-0.39, 0.29) is 17.9 Å². The molecule has 3 aromatic rings. The fourth-order valence-corrected chi connectivity index (χ4v) is 3.58. The summed E-state index contributed by atoms with van der Waals surface area (Å²) >= 11 is 1.71. The van der Waals surface area contributed by atoms with E-state index in [4.69, 9.17) is 0 Å². The standard InChI is InChI=1S/C15H13FN4S/c16-11-4-1-3-10(7-11)13-8-12(14-5-2-6-21-14)19-15-17-9-18-20(13)15/h1-7,9,12-13H,8H2,(H,17,18,19). The van der Waals surface area contributed by atoms with Crippen LogP contribution in [0.5, 0.6) is 0 Å². The molecule has 1 aliphatic heterocycles. The van der Waals surface area contributed by atoms with Crippen molar-refractivity contribution < 1.29 is 4.39 Å². The minimum absolute atomic E-state index is 0.00782. The molecule has 2 atom stereocenters. The summed E-state index contributed by atoms with van der Waals surface area (Å²) in [5.74, 6) is 0.509. The van der Waals surface area contributed by atoms with Crippen molar-refractivity contribution in [3.63, 3.8) is 0 Å². The maximum absolute atomic E-state index is 13.5. The third kappa shape index (κ3) is 2.21. The second-order valence-electron chi connectivity index (χ2n) is 5.05. The lowest BCUT2D eigenvalue weighted by molar-refractivity contribution is 0.431. The molecule has 1 aliphatic rings. The maximum Gasteiger partial charge on any atom is 0.222 e. The van der Waals surface area contributed by atoms with Crippen molar-refractivity contribution in [3.8, 4) is 0 Å². The normalized spacial score (nSPS) is 20.8. The zero-order chi connectivity index (χ0) is 14.2. The largest absolute Gasteiger partial charge is 0.347 e. The van der Waals surface area contributed by atoms with Crippen LogP contribution >= 0.6 is 11.3 Å². The Hall–Kier alpha value is -2.21. The number of nitrogens with one attached hydrogen (secondary N) is 1. The highest BCUT2D eigenvalue weighted by atomic mass is 32.1. The van der Waals surface area contributed by atoms with Gasteiger partial charge < -0.3 is 5.32 Å². The summed E-state index contributed by atoms with van der Waals surface area (Å²) in [6, 6.07) is 11.0. The number of fused-ring (bicyclic) bond motifs is 1. The van der Waals surface area contributed by atoms with Crippen molar-refractivity contribution >= 4 is 17.3 Å². The molecule has 6 heteroatoms. The molecule has 0 spiro atoms. The average Bonchev–Trinajstić information content (AvgIpc) is 3.17. The predicted octanol–water partition coefficient (Wildman–Crippen LogP) is 3.63. The number of thiophene rings is 1. The molecule has 106 valence electrons. The van der Waals surface area contributed by atoms with Crippen molar-refractivity contribution in [2.45, 2.75) is 18.5 Å². The van der Waals surface area contributed by atoms with Crippen LogP contribution in [-0.4, -0.2) is 14.8 Å². The molecule has 0 saturated carbocycles. The molecule has 1 aromatic carbocycles. The molecule has 21 heavy (non-hydrogen) atoms. The van der Waals surface area contributed by atoms with Gasteiger partial charge in [0, 0.05) is 4.88 Å². The molecule has 0 fully saturated rings. The van der Waals surface area contributed by atoms with Gasteiger partial charge in [-0.25, -0.2) is 9.07 Å². The molecule has 3 heterocycles. The Morgan fingerprint density at radius 1 is 1.29 bits per heavy atom. The highest BCUT2D eigenvalue weighted by molar-refractivity contribution is 7.10. The molecule has 2 aromatic heterocycles. The minimum Gasteiger partial charge on any atom is -0.347 e. The SMILES string of the molecule is Fc1cccc(C2CC(c3cccs3)Nc3ncnn32)c1. The van der Waals surface area contributed by atoms with E-state index in [2.05, 4.69) is 26.8 Å². The van der Waals surface area contributed by atoms with Gasteiger partial charge in [0.2, 0.25) is 5.95 Å². The van der Waals surface area contributed by atoms with Crippen molar-refractivity contribution in [2.75, 3.05) is 5.32 Å². The fourth-order valence-electron chi connectivity index (χ4n) is 2.79. The van der Waals surface area contributed by atoms with Crippen molar-refractivity contribution in [1.82, 2.24) is 14.8 Å². The Morgan fingerprint density at radius 3 is 3.05 bits per heavy atom. The van der Waals surface area contributed by atoms with E-state index in [1.54, 1.807) is 23.5 Å². The molecule has 2 unspecified atom stereocenters. The first-order valence-corrected chi connectivity index (χ1v) is 7.64. The zero-order valence-electron chi connectivity index (χ0n) is 11.1. The summed E-state index contributed by atoms with van der Waals surface area (Å²) in [5.41, 5.74) is 0.921. The number of hydrogen-bond donors (Lipinski definition) is 1. The number of benzene rings is 1. The van der Waals surface area contributed by atoms with Crippen LogP contribution in [-0.2, 0) is 0 Å². The van der Waals surface area contributed by atoms with Crippen LogP contribution in [0.15, 0.2) is 48.1 Å². The van der Waals surface area contributed by atoms with Crippen LogP contribution in [0.1, 0.15) is 28.9 Å². The topological polar surface area (TPSA) is 42.7 Å². The average molecular weight is 300 g/mol. The first-order valence-electron chi connectivity index (χ1n) is 6.76. The Bertz CT molecular complexity index is 753. The van der Waals surface area contributed by atoms with Crippen molar-refractivity contribution in [1.29, 1.82) is 0 Å². The van der Waals surface area contributed by atoms with Gasteiger partial charge >= 0.3 is 0 Å². The van der Waals surface area contributed by atoms with Crippen LogP contribution in [0.25, 0.3) is 0 Å². The smallest absolute Gasteiger partial charge is 0.222 e. The second-order valence-corrected chi connectivity index (χ2v) is 6.03. The van der Waals surface area contributed by atoms with E-state index in [0.29, 0.717) is 0 Å². The number of rotatable bonds is 2. The molecule has 4 nitrogen and oxygen atoms in total. The molecule has 0 amide bonds. The van der Waals surface area contributed by atoms with Gasteiger partial charge in [0.25, 0.3) is 0 Å². The van der Waals surface area contributed by atoms with E-state index >= 15 is 0 Å². The van der Waals surface area contributed by atoms with E-state index in [0.717, 1.165) is 17.9 Å². The summed E-state index contributed by atoms with van der Waals surface area (Å²) < 4.78 is 15.4. The lowest BCUT2D eigenvalue weighted by atomic mass is 9.97. The monoisotopic (exact) mass is 300 g/mol. The van der Waals surface area contributed by atoms with Crippen LogP contribution in [0.3, 0.4) is 0 Å². The summed E-state index contributed by atoms with van der Waals surface area (Å²) in [7, 11) is 0. The minimum atomic E-state index is -0.222. The summed E-state index contributed by atoms with van der Waals surface area (Å²) in [5, 5.41) is 9.75. The van der Waals surface area contributed by atoms with Gasteiger partial charge in [0.15, 0.2) is 0 Å². The Balaban J connectivity index is 1.76. The Kier molecular flexibility index (Phi) is 2.96. The van der Waals surface area contributed by atoms with Gasteiger partial charge in [-0.15, -0.1) is 11.3 Å². The summed E-state index contributed by atoms with van der Waals surface area (Å²) in [6.45, 7) is 0. The van der Waals surface area contributed by atoms with Crippen LogP contribution in [0.4, 0.5) is 10.3 Å². The number of halogens is 1. The molecule has 0 bridgehead atoms. The fraction of sp³-hybridized carbons (Fsp3) is 0.200. The van der Waals surface area contributed by atoms with Gasteiger partial charge in [0.05, 0.1) is 12.1 Å². The van der Waals surface area contributed by atoms with E-state index in [1.807, 2.05) is 16.8 Å². The number of anilines is 1. The van der Waals surface area contributed by atoms with Crippen LogP contribution < -0.4 is 5.32 Å².